The normalized spacial score (nSPS) is 13.9. The Morgan fingerprint density at radius 3 is 2.56 bits per heavy atom. The van der Waals surface area contributed by atoms with Crippen LogP contribution in [0.1, 0.15) is 30.5 Å². The van der Waals surface area contributed by atoms with E-state index in [9.17, 15) is 4.79 Å². The second-order valence-corrected chi connectivity index (χ2v) is 4.61. The van der Waals surface area contributed by atoms with Gasteiger partial charge in [-0.3, -0.25) is 4.79 Å². The van der Waals surface area contributed by atoms with Crippen LogP contribution < -0.4 is 0 Å². The highest BCUT2D eigenvalue weighted by molar-refractivity contribution is 5.85. The summed E-state index contributed by atoms with van der Waals surface area (Å²) in [6, 6.07) is 8.24. The van der Waals surface area contributed by atoms with Crippen molar-refractivity contribution in [3.05, 3.63) is 34.9 Å². The van der Waals surface area contributed by atoms with Crippen LogP contribution in [0.2, 0.25) is 0 Å². The van der Waals surface area contributed by atoms with E-state index in [0.29, 0.717) is 6.42 Å². The Labute approximate surface area is 96.9 Å². The van der Waals surface area contributed by atoms with Gasteiger partial charge < -0.3 is 0 Å². The molecule has 0 amide bonds. The molecule has 0 saturated carbocycles. The number of benzene rings is 1. The van der Waals surface area contributed by atoms with Crippen molar-refractivity contribution < 1.29 is 4.79 Å². The molecule has 1 aromatic rings. The second kappa shape index (κ2) is 4.49. The second-order valence-electron chi connectivity index (χ2n) is 4.61. The van der Waals surface area contributed by atoms with Gasteiger partial charge in [-0.25, -0.2) is 0 Å². The molecule has 0 aliphatic carbocycles. The molecule has 0 N–H and O–H groups in total. The molecule has 0 aliphatic heterocycles. The molecular formula is C14H17NO. The molecule has 1 atom stereocenters. The van der Waals surface area contributed by atoms with Gasteiger partial charge in [0.15, 0.2) is 0 Å². The molecule has 0 aliphatic rings. The number of Topliss-reactive ketones (excluding diaryl/α,β-unsaturated/α-hetero) is 1. The van der Waals surface area contributed by atoms with E-state index in [1.54, 1.807) is 6.92 Å². The summed E-state index contributed by atoms with van der Waals surface area (Å²) in [4.78, 5) is 11.5. The van der Waals surface area contributed by atoms with Crippen molar-refractivity contribution in [1.82, 2.24) is 0 Å². The van der Waals surface area contributed by atoms with Crippen molar-refractivity contribution in [3.8, 4) is 6.07 Å². The fraction of sp³-hybridized carbons (Fsp3) is 0.429. The molecular weight excluding hydrogens is 198 g/mol. The largest absolute Gasteiger partial charge is 0.298 e. The van der Waals surface area contributed by atoms with E-state index >= 15 is 0 Å². The van der Waals surface area contributed by atoms with Crippen LogP contribution in [0.25, 0.3) is 0 Å². The number of nitriles is 1. The first-order valence-corrected chi connectivity index (χ1v) is 5.37. The van der Waals surface area contributed by atoms with Gasteiger partial charge in [0, 0.05) is 0 Å². The SMILES string of the molecule is CC(=O)C(C)(C#N)Cc1cc(C)ccc1C. The van der Waals surface area contributed by atoms with Crippen LogP contribution in [0.3, 0.4) is 0 Å². The van der Waals surface area contributed by atoms with E-state index in [1.807, 2.05) is 32.0 Å². The third kappa shape index (κ3) is 2.49. The summed E-state index contributed by atoms with van der Waals surface area (Å²) in [5.74, 6) is -0.0732. The lowest BCUT2D eigenvalue weighted by Crippen LogP contribution is -2.26. The van der Waals surface area contributed by atoms with Gasteiger partial charge in [0.2, 0.25) is 0 Å². The molecule has 1 aromatic carbocycles. The average Bonchev–Trinajstić information content (AvgIpc) is 2.23. The van der Waals surface area contributed by atoms with Crippen molar-refractivity contribution in [2.75, 3.05) is 0 Å². The summed E-state index contributed by atoms with van der Waals surface area (Å²) in [6.45, 7) is 7.21. The molecule has 0 radical (unpaired) electrons. The fourth-order valence-electron chi connectivity index (χ4n) is 1.61. The lowest BCUT2D eigenvalue weighted by molar-refractivity contribution is -0.123. The molecule has 0 saturated heterocycles. The monoisotopic (exact) mass is 215 g/mol. The van der Waals surface area contributed by atoms with Crippen LogP contribution in [0.5, 0.6) is 0 Å². The zero-order valence-corrected chi connectivity index (χ0v) is 10.3. The average molecular weight is 215 g/mol. The van der Waals surface area contributed by atoms with Crippen molar-refractivity contribution in [2.24, 2.45) is 5.41 Å². The van der Waals surface area contributed by atoms with Crippen LogP contribution in [0.4, 0.5) is 0 Å². The third-order valence-electron chi connectivity index (χ3n) is 3.07. The predicted octanol–water partition coefficient (Wildman–Crippen LogP) is 2.96. The molecule has 0 fully saturated rings. The number of hydrogen-bond acceptors (Lipinski definition) is 2. The summed E-state index contributed by atoms with van der Waals surface area (Å²) in [5.41, 5.74) is 2.47. The number of rotatable bonds is 3. The topological polar surface area (TPSA) is 40.9 Å². The Morgan fingerprint density at radius 2 is 2.06 bits per heavy atom. The Morgan fingerprint density at radius 1 is 1.44 bits per heavy atom. The Bertz CT molecular complexity index is 456. The molecule has 16 heavy (non-hydrogen) atoms. The Kier molecular flexibility index (Phi) is 3.49. The van der Waals surface area contributed by atoms with Crippen molar-refractivity contribution in [3.63, 3.8) is 0 Å². The number of hydrogen-bond donors (Lipinski definition) is 0. The minimum Gasteiger partial charge on any atom is -0.298 e. The third-order valence-corrected chi connectivity index (χ3v) is 3.07. The van der Waals surface area contributed by atoms with Gasteiger partial charge in [-0.1, -0.05) is 23.8 Å². The van der Waals surface area contributed by atoms with E-state index < -0.39 is 5.41 Å². The van der Waals surface area contributed by atoms with Crippen LogP contribution in [-0.4, -0.2) is 5.78 Å². The van der Waals surface area contributed by atoms with Crippen LogP contribution in [-0.2, 0) is 11.2 Å². The zero-order valence-electron chi connectivity index (χ0n) is 10.3. The Hall–Kier alpha value is -1.62. The highest BCUT2D eigenvalue weighted by Crippen LogP contribution is 2.25. The molecule has 2 heteroatoms. The minimum absolute atomic E-state index is 0.0732. The van der Waals surface area contributed by atoms with E-state index in [4.69, 9.17) is 5.26 Å². The number of carbonyl (C=O) groups is 1. The van der Waals surface area contributed by atoms with Gasteiger partial charge in [-0.15, -0.1) is 0 Å². The predicted molar refractivity (Wildman–Crippen MR) is 64.0 cm³/mol. The van der Waals surface area contributed by atoms with Gasteiger partial charge in [0.05, 0.1) is 6.07 Å². The molecule has 0 spiro atoms. The lowest BCUT2D eigenvalue weighted by atomic mass is 9.80. The van der Waals surface area contributed by atoms with E-state index in [0.717, 1.165) is 16.7 Å². The van der Waals surface area contributed by atoms with E-state index in [1.165, 1.54) is 6.92 Å². The maximum absolute atomic E-state index is 11.5. The molecule has 1 rings (SSSR count). The molecule has 84 valence electrons. The summed E-state index contributed by atoms with van der Waals surface area (Å²) in [5, 5.41) is 9.11. The van der Waals surface area contributed by atoms with Crippen LogP contribution >= 0.6 is 0 Å². The highest BCUT2D eigenvalue weighted by Gasteiger charge is 2.30. The summed E-state index contributed by atoms with van der Waals surface area (Å²) in [7, 11) is 0. The van der Waals surface area contributed by atoms with E-state index in [-0.39, 0.29) is 5.78 Å². The first kappa shape index (κ1) is 12.4. The number of carbonyl (C=O) groups excluding carboxylic acids is 1. The number of ketones is 1. The summed E-state index contributed by atoms with van der Waals surface area (Å²) in [6.07, 6.45) is 0.492. The quantitative estimate of drug-likeness (QED) is 0.777. The summed E-state index contributed by atoms with van der Waals surface area (Å²) < 4.78 is 0. The van der Waals surface area contributed by atoms with Gasteiger partial charge in [0.1, 0.15) is 11.2 Å². The Balaban J connectivity index is 3.09. The molecule has 0 heterocycles. The maximum Gasteiger partial charge on any atom is 0.150 e. The molecule has 2 nitrogen and oxygen atoms in total. The first-order valence-electron chi connectivity index (χ1n) is 5.37. The number of aryl methyl sites for hydroxylation is 2. The van der Waals surface area contributed by atoms with Crippen molar-refractivity contribution >= 4 is 5.78 Å². The first-order chi connectivity index (χ1) is 7.39. The van der Waals surface area contributed by atoms with Gasteiger partial charge in [0.25, 0.3) is 0 Å². The zero-order chi connectivity index (χ0) is 12.3. The lowest BCUT2D eigenvalue weighted by Gasteiger charge is -2.19. The van der Waals surface area contributed by atoms with Gasteiger partial charge in [-0.2, -0.15) is 5.26 Å². The maximum atomic E-state index is 11.5. The summed E-state index contributed by atoms with van der Waals surface area (Å²) >= 11 is 0. The van der Waals surface area contributed by atoms with Crippen LogP contribution in [0, 0.1) is 30.6 Å². The minimum atomic E-state index is -0.904. The smallest absolute Gasteiger partial charge is 0.150 e. The molecule has 0 bridgehead atoms. The van der Waals surface area contributed by atoms with Gasteiger partial charge in [-0.05, 0) is 45.2 Å². The highest BCUT2D eigenvalue weighted by atomic mass is 16.1. The van der Waals surface area contributed by atoms with Crippen LogP contribution in [0.15, 0.2) is 18.2 Å². The van der Waals surface area contributed by atoms with E-state index in [2.05, 4.69) is 6.07 Å². The fourth-order valence-corrected chi connectivity index (χ4v) is 1.61. The standard InChI is InChI=1S/C14H17NO/c1-10-5-6-11(2)13(7-10)8-14(4,9-15)12(3)16/h5-7H,8H2,1-4H3. The molecule has 1 unspecified atom stereocenters. The van der Waals surface area contributed by atoms with Crippen molar-refractivity contribution in [1.29, 1.82) is 5.26 Å². The number of nitrogens with zero attached hydrogens (tertiary/aromatic N) is 1. The van der Waals surface area contributed by atoms with Crippen molar-refractivity contribution in [2.45, 2.75) is 34.1 Å². The molecule has 0 aromatic heterocycles. The van der Waals surface area contributed by atoms with Gasteiger partial charge >= 0.3 is 0 Å².